The van der Waals surface area contributed by atoms with E-state index >= 15 is 0 Å². The van der Waals surface area contributed by atoms with Crippen LogP contribution < -0.4 is 5.32 Å². The van der Waals surface area contributed by atoms with Crippen LogP contribution in [0.1, 0.15) is 25.7 Å². The number of hydrogen-bond donors (Lipinski definition) is 2. The van der Waals surface area contributed by atoms with E-state index in [1.54, 1.807) is 0 Å². The topological polar surface area (TPSA) is 61.8 Å². The number of rotatable bonds is 4. The molecule has 98 valence electrons. The Bertz CT molecular complexity index is 254. The first-order valence-corrected chi connectivity index (χ1v) is 6.53. The molecule has 0 bridgehead atoms. The first-order valence-electron chi connectivity index (χ1n) is 6.53. The summed E-state index contributed by atoms with van der Waals surface area (Å²) >= 11 is 0. The van der Waals surface area contributed by atoms with Crippen LogP contribution in [0.5, 0.6) is 0 Å². The second-order valence-corrected chi connectivity index (χ2v) is 4.97. The Balaban J connectivity index is 1.62. The van der Waals surface area contributed by atoms with Crippen molar-refractivity contribution < 1.29 is 14.6 Å². The number of hydrogen-bond acceptors (Lipinski definition) is 4. The quantitative estimate of drug-likeness (QED) is 0.713. The van der Waals surface area contributed by atoms with Crippen LogP contribution in [0, 0.1) is 0 Å². The molecular weight excluding hydrogens is 220 g/mol. The minimum atomic E-state index is -0.269. The van der Waals surface area contributed by atoms with Crippen LogP contribution in [-0.2, 0) is 9.53 Å². The highest BCUT2D eigenvalue weighted by Crippen LogP contribution is 2.11. The molecule has 0 spiro atoms. The molecule has 0 aliphatic carbocycles. The predicted octanol–water partition coefficient (Wildman–Crippen LogP) is -0.262. The minimum Gasteiger partial charge on any atom is -0.392 e. The predicted molar refractivity (Wildman–Crippen MR) is 63.7 cm³/mol. The SMILES string of the molecule is O=C(CN1CCC[C@H](O)C1)NCC1CCCO1. The Hall–Kier alpha value is -0.650. The van der Waals surface area contributed by atoms with Crippen LogP contribution in [0.3, 0.4) is 0 Å². The Labute approximate surface area is 102 Å². The molecule has 0 radical (unpaired) electrons. The largest absolute Gasteiger partial charge is 0.392 e. The van der Waals surface area contributed by atoms with Crippen LogP contribution in [0.25, 0.3) is 0 Å². The molecule has 0 aromatic rings. The average molecular weight is 242 g/mol. The van der Waals surface area contributed by atoms with Crippen molar-refractivity contribution in [2.45, 2.75) is 37.9 Å². The fourth-order valence-corrected chi connectivity index (χ4v) is 2.47. The van der Waals surface area contributed by atoms with Crippen molar-refractivity contribution in [3.63, 3.8) is 0 Å². The summed E-state index contributed by atoms with van der Waals surface area (Å²) in [5.74, 6) is 0.0367. The third-order valence-corrected chi connectivity index (χ3v) is 3.40. The highest BCUT2D eigenvalue weighted by molar-refractivity contribution is 5.78. The Morgan fingerprint density at radius 1 is 1.41 bits per heavy atom. The third-order valence-electron chi connectivity index (χ3n) is 3.40. The molecule has 2 heterocycles. The maximum absolute atomic E-state index is 11.7. The van der Waals surface area contributed by atoms with Gasteiger partial charge in [0.1, 0.15) is 0 Å². The highest BCUT2D eigenvalue weighted by Gasteiger charge is 2.20. The van der Waals surface area contributed by atoms with Gasteiger partial charge in [0.15, 0.2) is 0 Å². The summed E-state index contributed by atoms with van der Waals surface area (Å²) in [4.78, 5) is 13.7. The number of carbonyl (C=O) groups is 1. The maximum atomic E-state index is 11.7. The van der Waals surface area contributed by atoms with Crippen molar-refractivity contribution in [2.24, 2.45) is 0 Å². The van der Waals surface area contributed by atoms with E-state index in [0.717, 1.165) is 38.8 Å². The zero-order valence-corrected chi connectivity index (χ0v) is 10.2. The van der Waals surface area contributed by atoms with E-state index in [9.17, 15) is 9.90 Å². The molecule has 5 heteroatoms. The van der Waals surface area contributed by atoms with E-state index in [2.05, 4.69) is 5.32 Å². The molecule has 2 saturated heterocycles. The molecular formula is C12H22N2O3. The summed E-state index contributed by atoms with van der Waals surface area (Å²) in [6.45, 7) is 3.36. The number of aliphatic hydroxyl groups excluding tert-OH is 1. The smallest absolute Gasteiger partial charge is 0.234 e. The number of carbonyl (C=O) groups excluding carboxylic acids is 1. The molecule has 2 N–H and O–H groups in total. The maximum Gasteiger partial charge on any atom is 0.234 e. The Kier molecular flexibility index (Phi) is 4.76. The van der Waals surface area contributed by atoms with E-state index in [1.165, 1.54) is 0 Å². The van der Waals surface area contributed by atoms with Gasteiger partial charge >= 0.3 is 0 Å². The molecule has 17 heavy (non-hydrogen) atoms. The summed E-state index contributed by atoms with van der Waals surface area (Å²) < 4.78 is 5.44. The number of nitrogens with one attached hydrogen (secondary N) is 1. The van der Waals surface area contributed by atoms with Gasteiger partial charge < -0.3 is 15.2 Å². The number of β-amino-alcohol motifs (C(OH)–C–C–N with tert-alkyl or cyclic N) is 1. The van der Waals surface area contributed by atoms with Gasteiger partial charge in [-0.25, -0.2) is 0 Å². The first kappa shape index (κ1) is 12.8. The van der Waals surface area contributed by atoms with E-state index in [0.29, 0.717) is 19.6 Å². The first-order chi connectivity index (χ1) is 8.24. The van der Waals surface area contributed by atoms with Crippen molar-refractivity contribution in [3.8, 4) is 0 Å². The Morgan fingerprint density at radius 3 is 3.00 bits per heavy atom. The van der Waals surface area contributed by atoms with Gasteiger partial charge in [0, 0.05) is 19.7 Å². The number of amides is 1. The molecule has 0 aromatic carbocycles. The lowest BCUT2D eigenvalue weighted by atomic mass is 10.1. The normalized spacial score (nSPS) is 30.4. The lowest BCUT2D eigenvalue weighted by Gasteiger charge is -2.29. The summed E-state index contributed by atoms with van der Waals surface area (Å²) in [5.41, 5.74) is 0. The van der Waals surface area contributed by atoms with Gasteiger partial charge in [-0.05, 0) is 32.2 Å². The monoisotopic (exact) mass is 242 g/mol. The van der Waals surface area contributed by atoms with Crippen molar-refractivity contribution in [1.82, 2.24) is 10.2 Å². The fraction of sp³-hybridized carbons (Fsp3) is 0.917. The Morgan fingerprint density at radius 2 is 2.29 bits per heavy atom. The third kappa shape index (κ3) is 4.26. The highest BCUT2D eigenvalue weighted by atomic mass is 16.5. The van der Waals surface area contributed by atoms with Gasteiger partial charge in [-0.2, -0.15) is 0 Å². The van der Waals surface area contributed by atoms with Crippen molar-refractivity contribution >= 4 is 5.91 Å². The molecule has 0 saturated carbocycles. The van der Waals surface area contributed by atoms with Gasteiger partial charge in [-0.3, -0.25) is 9.69 Å². The summed E-state index contributed by atoms with van der Waals surface area (Å²) in [6.07, 6.45) is 3.90. The average Bonchev–Trinajstić information content (AvgIpc) is 2.79. The molecule has 2 aliphatic rings. The summed E-state index contributed by atoms with van der Waals surface area (Å²) in [7, 11) is 0. The van der Waals surface area contributed by atoms with Crippen LogP contribution in [-0.4, -0.2) is 60.9 Å². The molecule has 5 nitrogen and oxygen atoms in total. The number of aliphatic hydroxyl groups is 1. The molecule has 2 atom stereocenters. The van der Waals surface area contributed by atoms with E-state index < -0.39 is 0 Å². The molecule has 1 amide bonds. The molecule has 2 rings (SSSR count). The standard InChI is InChI=1S/C12H22N2O3/c15-10-3-1-5-14(8-10)9-12(16)13-7-11-4-2-6-17-11/h10-11,15H,1-9H2,(H,13,16)/t10-,11?/m0/s1. The number of ether oxygens (including phenoxy) is 1. The van der Waals surface area contributed by atoms with Crippen molar-refractivity contribution in [2.75, 3.05) is 32.8 Å². The van der Waals surface area contributed by atoms with E-state index in [-0.39, 0.29) is 18.1 Å². The van der Waals surface area contributed by atoms with E-state index in [1.807, 2.05) is 4.90 Å². The van der Waals surface area contributed by atoms with Gasteiger partial charge in [-0.15, -0.1) is 0 Å². The zero-order valence-electron chi connectivity index (χ0n) is 10.2. The van der Waals surface area contributed by atoms with Gasteiger partial charge in [0.25, 0.3) is 0 Å². The molecule has 2 fully saturated rings. The lowest BCUT2D eigenvalue weighted by Crippen LogP contribution is -2.45. The number of likely N-dealkylation sites (tertiary alicyclic amines) is 1. The molecule has 1 unspecified atom stereocenters. The van der Waals surface area contributed by atoms with E-state index in [4.69, 9.17) is 4.74 Å². The van der Waals surface area contributed by atoms with Crippen molar-refractivity contribution in [3.05, 3.63) is 0 Å². The number of nitrogens with zero attached hydrogens (tertiary/aromatic N) is 1. The lowest BCUT2D eigenvalue weighted by molar-refractivity contribution is -0.123. The zero-order chi connectivity index (χ0) is 12.1. The van der Waals surface area contributed by atoms with Gasteiger partial charge in [0.05, 0.1) is 18.8 Å². The second kappa shape index (κ2) is 6.33. The van der Waals surface area contributed by atoms with Crippen LogP contribution in [0.2, 0.25) is 0 Å². The van der Waals surface area contributed by atoms with Crippen LogP contribution in [0.15, 0.2) is 0 Å². The minimum absolute atomic E-state index is 0.0367. The van der Waals surface area contributed by atoms with Crippen LogP contribution in [0.4, 0.5) is 0 Å². The second-order valence-electron chi connectivity index (χ2n) is 4.97. The van der Waals surface area contributed by atoms with Gasteiger partial charge in [0.2, 0.25) is 5.91 Å². The van der Waals surface area contributed by atoms with Crippen molar-refractivity contribution in [1.29, 1.82) is 0 Å². The molecule has 0 aromatic heterocycles. The summed E-state index contributed by atoms with van der Waals surface area (Å²) in [5, 5.41) is 12.4. The van der Waals surface area contributed by atoms with Crippen LogP contribution >= 0.6 is 0 Å². The number of piperidine rings is 1. The fourth-order valence-electron chi connectivity index (χ4n) is 2.47. The molecule has 2 aliphatic heterocycles. The van der Waals surface area contributed by atoms with Gasteiger partial charge in [-0.1, -0.05) is 0 Å². The summed E-state index contributed by atoms with van der Waals surface area (Å²) in [6, 6.07) is 0.